The molecule has 1 heterocycles. The number of piperazine rings is 1. The lowest BCUT2D eigenvalue weighted by atomic mass is 10.1. The Morgan fingerprint density at radius 2 is 1.20 bits per heavy atom. The molecule has 2 aromatic carbocycles. The number of quaternary nitrogens is 2. The van der Waals surface area contributed by atoms with Gasteiger partial charge in [0.15, 0.2) is 0 Å². The van der Waals surface area contributed by atoms with Crippen LogP contribution in [0.3, 0.4) is 0 Å². The topological polar surface area (TPSA) is 8.88 Å². The molecular weight excluding hydrogens is 332 g/mol. The molecule has 0 atom stereocenters. The van der Waals surface area contributed by atoms with Crippen molar-refractivity contribution in [2.24, 2.45) is 0 Å². The summed E-state index contributed by atoms with van der Waals surface area (Å²) in [5.74, 6) is -0.191. The average Bonchev–Trinajstić information content (AvgIpc) is 2.58. The van der Waals surface area contributed by atoms with E-state index in [0.29, 0.717) is 24.2 Å². The standard InChI is InChI=1S/C19H20F4N2/c20-18-8-4-2-6-16(18)14-25-11-9-24(10-12-25)13-15-5-1-3-7-17(15)19(21,22)23/h1-8H,9-14H2/p+2. The summed E-state index contributed by atoms with van der Waals surface area (Å²) in [5.41, 5.74) is 0.509. The van der Waals surface area contributed by atoms with Gasteiger partial charge in [0.1, 0.15) is 45.1 Å². The van der Waals surface area contributed by atoms with Gasteiger partial charge in [-0.1, -0.05) is 36.4 Å². The minimum atomic E-state index is -4.31. The predicted octanol–water partition coefficient (Wildman–Crippen LogP) is 1.33. The van der Waals surface area contributed by atoms with Crippen LogP contribution in [0.2, 0.25) is 0 Å². The van der Waals surface area contributed by atoms with E-state index in [1.165, 1.54) is 17.0 Å². The first-order valence-corrected chi connectivity index (χ1v) is 8.49. The van der Waals surface area contributed by atoms with Crippen LogP contribution >= 0.6 is 0 Å². The summed E-state index contributed by atoms with van der Waals surface area (Å²) < 4.78 is 53.0. The van der Waals surface area contributed by atoms with Crippen LogP contribution in [0, 0.1) is 5.82 Å². The molecule has 2 aromatic rings. The highest BCUT2D eigenvalue weighted by Crippen LogP contribution is 2.31. The van der Waals surface area contributed by atoms with Gasteiger partial charge in [0.2, 0.25) is 0 Å². The molecule has 3 rings (SSSR count). The minimum Gasteiger partial charge on any atom is -0.322 e. The SMILES string of the molecule is Fc1ccccc1C[NH+]1CC[NH+](Cc2ccccc2C(F)(F)F)CC1. The molecule has 0 spiro atoms. The van der Waals surface area contributed by atoms with Crippen LogP contribution in [-0.4, -0.2) is 26.2 Å². The van der Waals surface area contributed by atoms with Crippen LogP contribution in [0.1, 0.15) is 16.7 Å². The lowest BCUT2D eigenvalue weighted by Crippen LogP contribution is -3.27. The normalized spacial score (nSPS) is 21.3. The Morgan fingerprint density at radius 1 is 0.720 bits per heavy atom. The van der Waals surface area contributed by atoms with Crippen LogP contribution < -0.4 is 9.80 Å². The van der Waals surface area contributed by atoms with E-state index in [-0.39, 0.29) is 5.82 Å². The molecule has 25 heavy (non-hydrogen) atoms. The maximum absolute atomic E-state index is 13.7. The minimum absolute atomic E-state index is 0.191. The number of halogens is 4. The molecule has 0 unspecified atom stereocenters. The number of rotatable bonds is 4. The first kappa shape index (κ1) is 17.9. The molecule has 0 aliphatic carbocycles. The van der Waals surface area contributed by atoms with Crippen molar-refractivity contribution in [1.82, 2.24) is 0 Å². The number of hydrogen-bond donors (Lipinski definition) is 2. The van der Waals surface area contributed by atoms with Crippen molar-refractivity contribution in [3.8, 4) is 0 Å². The van der Waals surface area contributed by atoms with E-state index in [2.05, 4.69) is 0 Å². The fraction of sp³-hybridized carbons (Fsp3) is 0.368. The summed E-state index contributed by atoms with van der Waals surface area (Å²) >= 11 is 0. The predicted molar refractivity (Wildman–Crippen MR) is 86.6 cm³/mol. The number of nitrogens with one attached hydrogen (secondary N) is 2. The highest BCUT2D eigenvalue weighted by atomic mass is 19.4. The zero-order valence-corrected chi connectivity index (χ0v) is 13.9. The summed E-state index contributed by atoms with van der Waals surface area (Å²) in [6.45, 7) is 4.24. The fourth-order valence-electron chi connectivity index (χ4n) is 3.44. The van der Waals surface area contributed by atoms with Crippen molar-refractivity contribution < 1.29 is 27.4 Å². The van der Waals surface area contributed by atoms with E-state index >= 15 is 0 Å². The molecule has 1 aliphatic rings. The summed E-state index contributed by atoms with van der Waals surface area (Å²) in [6.07, 6.45) is -4.31. The molecule has 0 radical (unpaired) electrons. The quantitative estimate of drug-likeness (QED) is 0.767. The smallest absolute Gasteiger partial charge is 0.322 e. The third kappa shape index (κ3) is 4.58. The van der Waals surface area contributed by atoms with Crippen molar-refractivity contribution in [2.75, 3.05) is 26.2 Å². The largest absolute Gasteiger partial charge is 0.416 e. The average molecular weight is 354 g/mol. The van der Waals surface area contributed by atoms with Gasteiger partial charge in [-0.25, -0.2) is 4.39 Å². The summed E-state index contributed by atoms with van der Waals surface area (Å²) in [5, 5.41) is 0. The summed E-state index contributed by atoms with van der Waals surface area (Å²) in [6, 6.07) is 12.6. The first-order valence-electron chi connectivity index (χ1n) is 8.49. The van der Waals surface area contributed by atoms with Crippen molar-refractivity contribution in [3.05, 3.63) is 71.0 Å². The second-order valence-electron chi connectivity index (χ2n) is 6.60. The zero-order valence-electron chi connectivity index (χ0n) is 13.9. The van der Waals surface area contributed by atoms with Gasteiger partial charge in [-0.15, -0.1) is 0 Å². The number of alkyl halides is 3. The Balaban J connectivity index is 1.58. The van der Waals surface area contributed by atoms with Gasteiger partial charge >= 0.3 is 6.18 Å². The summed E-state index contributed by atoms with van der Waals surface area (Å²) in [4.78, 5) is 2.42. The van der Waals surface area contributed by atoms with Crippen molar-refractivity contribution in [3.63, 3.8) is 0 Å². The molecule has 0 amide bonds. The third-order valence-electron chi connectivity index (χ3n) is 4.83. The Morgan fingerprint density at radius 3 is 1.76 bits per heavy atom. The molecule has 1 aliphatic heterocycles. The third-order valence-corrected chi connectivity index (χ3v) is 4.83. The Bertz CT molecular complexity index is 707. The molecule has 0 aromatic heterocycles. The van der Waals surface area contributed by atoms with Crippen LogP contribution in [0.4, 0.5) is 17.6 Å². The Kier molecular flexibility index (Phi) is 5.39. The van der Waals surface area contributed by atoms with Gasteiger partial charge in [0.05, 0.1) is 5.56 Å². The van der Waals surface area contributed by atoms with Gasteiger partial charge in [0.25, 0.3) is 0 Å². The van der Waals surface area contributed by atoms with Crippen LogP contribution in [0.5, 0.6) is 0 Å². The highest BCUT2D eigenvalue weighted by Gasteiger charge is 2.34. The first-order chi connectivity index (χ1) is 11.9. The van der Waals surface area contributed by atoms with Crippen LogP contribution in [-0.2, 0) is 19.3 Å². The second-order valence-corrected chi connectivity index (χ2v) is 6.60. The van der Waals surface area contributed by atoms with Crippen LogP contribution in [0.15, 0.2) is 48.5 Å². The molecular formula is C19H22F4N2+2. The van der Waals surface area contributed by atoms with Gasteiger partial charge in [-0.3, -0.25) is 0 Å². The van der Waals surface area contributed by atoms with Crippen molar-refractivity contribution in [2.45, 2.75) is 19.3 Å². The zero-order chi connectivity index (χ0) is 17.9. The maximum Gasteiger partial charge on any atom is 0.416 e. The second kappa shape index (κ2) is 7.54. The molecule has 6 heteroatoms. The van der Waals surface area contributed by atoms with Gasteiger partial charge in [-0.05, 0) is 12.1 Å². The van der Waals surface area contributed by atoms with E-state index in [1.807, 2.05) is 6.07 Å². The van der Waals surface area contributed by atoms with Crippen LogP contribution in [0.25, 0.3) is 0 Å². The highest BCUT2D eigenvalue weighted by molar-refractivity contribution is 5.28. The molecule has 134 valence electrons. The van der Waals surface area contributed by atoms with E-state index in [0.717, 1.165) is 37.1 Å². The molecule has 2 N–H and O–H groups in total. The van der Waals surface area contributed by atoms with E-state index in [9.17, 15) is 17.6 Å². The Hall–Kier alpha value is -1.92. The lowest BCUT2D eigenvalue weighted by molar-refractivity contribution is -1.02. The molecule has 0 saturated carbocycles. The van der Waals surface area contributed by atoms with Crippen molar-refractivity contribution in [1.29, 1.82) is 0 Å². The maximum atomic E-state index is 13.7. The molecule has 1 saturated heterocycles. The monoisotopic (exact) mass is 354 g/mol. The van der Waals surface area contributed by atoms with E-state index < -0.39 is 11.7 Å². The van der Waals surface area contributed by atoms with Gasteiger partial charge in [0, 0.05) is 11.1 Å². The molecule has 1 fully saturated rings. The summed E-state index contributed by atoms with van der Waals surface area (Å²) in [7, 11) is 0. The lowest BCUT2D eigenvalue weighted by Gasteiger charge is -2.30. The molecule has 2 nitrogen and oxygen atoms in total. The fourth-order valence-corrected chi connectivity index (χ4v) is 3.44. The number of benzene rings is 2. The van der Waals surface area contributed by atoms with Gasteiger partial charge < -0.3 is 9.80 Å². The molecule has 0 bridgehead atoms. The van der Waals surface area contributed by atoms with Crippen molar-refractivity contribution >= 4 is 0 Å². The van der Waals surface area contributed by atoms with E-state index in [4.69, 9.17) is 0 Å². The van der Waals surface area contributed by atoms with E-state index in [1.54, 1.807) is 24.3 Å². The Labute approximate surface area is 144 Å². The number of hydrogen-bond acceptors (Lipinski definition) is 0. The van der Waals surface area contributed by atoms with Gasteiger partial charge in [-0.2, -0.15) is 13.2 Å².